The average molecular weight is 919 g/mol. The smallest absolute Gasteiger partial charge is 0.274 e. The number of piperidine rings is 3. The summed E-state index contributed by atoms with van der Waals surface area (Å²) in [5, 5.41) is 14.1. The third kappa shape index (κ3) is 11.9. The predicted octanol–water partition coefficient (Wildman–Crippen LogP) is 4.67. The van der Waals surface area contributed by atoms with Crippen molar-refractivity contribution in [3.05, 3.63) is 83.3 Å². The fourth-order valence-corrected chi connectivity index (χ4v) is 11.0. The standard InChI is InChI=1S/C49H62N10O6S/c60-43(16-12-36-9-7-22-50-34-36)51-23-3-2-8-35-18-25-58(26-19-35)48(64)39-13-15-42(54-53-39)57-27-20-37(21-28-57)56-31-29-55(30-32-56)24-4-1-5-33-66-41-11-6-10-38-45(41)49(65)59(47(38)63)40-14-17-44(61)52-46(40)62/h6-7,9-13,15-16,22,34-35,37,40H,1-5,8,14,17-21,23-33H2,(H,51,60)(H,52,61,62)/b16-12+. The maximum Gasteiger partial charge on any atom is 0.274 e. The Balaban J connectivity index is 0.666. The first-order valence-corrected chi connectivity index (χ1v) is 24.9. The molecule has 0 spiro atoms. The van der Waals surface area contributed by atoms with Crippen molar-refractivity contribution in [1.29, 1.82) is 0 Å². The lowest BCUT2D eigenvalue weighted by Gasteiger charge is -2.43. The van der Waals surface area contributed by atoms with Crippen LogP contribution in [-0.4, -0.2) is 154 Å². The number of pyridine rings is 1. The van der Waals surface area contributed by atoms with Gasteiger partial charge in [-0.1, -0.05) is 31.4 Å². The Morgan fingerprint density at radius 1 is 0.803 bits per heavy atom. The van der Waals surface area contributed by atoms with Crippen LogP contribution in [0, 0.1) is 5.92 Å². The number of nitrogens with zero attached hydrogens (tertiary/aromatic N) is 8. The number of hydrogen-bond donors (Lipinski definition) is 2. The molecule has 350 valence electrons. The van der Waals surface area contributed by atoms with E-state index in [9.17, 15) is 28.8 Å². The first-order chi connectivity index (χ1) is 32.2. The van der Waals surface area contributed by atoms with Crippen molar-refractivity contribution >= 4 is 59.1 Å². The van der Waals surface area contributed by atoms with Gasteiger partial charge >= 0.3 is 0 Å². The van der Waals surface area contributed by atoms with Crippen molar-refractivity contribution < 1.29 is 28.8 Å². The summed E-state index contributed by atoms with van der Waals surface area (Å²) in [4.78, 5) is 91.3. The number of benzene rings is 1. The summed E-state index contributed by atoms with van der Waals surface area (Å²) in [6, 6.07) is 12.4. The number of amides is 6. The Morgan fingerprint density at radius 3 is 2.36 bits per heavy atom. The highest BCUT2D eigenvalue weighted by Gasteiger charge is 2.45. The molecule has 0 bridgehead atoms. The van der Waals surface area contributed by atoms with E-state index in [1.807, 2.05) is 35.2 Å². The number of fused-ring (bicyclic) bond motifs is 1. The molecular weight excluding hydrogens is 857 g/mol. The number of carbonyl (C=O) groups is 6. The molecule has 3 aromatic rings. The fourth-order valence-electron chi connectivity index (χ4n) is 9.88. The molecule has 7 heterocycles. The van der Waals surface area contributed by atoms with Gasteiger partial charge in [-0.15, -0.1) is 22.0 Å². The second-order valence-corrected chi connectivity index (χ2v) is 19.2. The first kappa shape index (κ1) is 47.0. The molecule has 17 heteroatoms. The van der Waals surface area contributed by atoms with Gasteiger partial charge in [0.05, 0.1) is 11.1 Å². The van der Waals surface area contributed by atoms with Crippen LogP contribution in [0.4, 0.5) is 5.82 Å². The van der Waals surface area contributed by atoms with Gasteiger partial charge in [-0.2, -0.15) is 0 Å². The van der Waals surface area contributed by atoms with Gasteiger partial charge in [0, 0.05) is 94.7 Å². The lowest BCUT2D eigenvalue weighted by molar-refractivity contribution is -0.136. The van der Waals surface area contributed by atoms with Gasteiger partial charge in [0.1, 0.15) is 6.04 Å². The molecule has 5 aliphatic rings. The van der Waals surface area contributed by atoms with E-state index in [-0.39, 0.29) is 30.6 Å². The van der Waals surface area contributed by atoms with Crippen LogP contribution in [0.1, 0.15) is 114 Å². The van der Waals surface area contributed by atoms with Crippen molar-refractivity contribution in [3.63, 3.8) is 0 Å². The predicted molar refractivity (Wildman–Crippen MR) is 252 cm³/mol. The summed E-state index contributed by atoms with van der Waals surface area (Å²) in [5.41, 5.74) is 2.00. The number of imide groups is 2. The molecule has 0 radical (unpaired) electrons. The minimum Gasteiger partial charge on any atom is -0.355 e. The van der Waals surface area contributed by atoms with Crippen LogP contribution >= 0.6 is 11.8 Å². The molecular formula is C49H62N10O6S. The second-order valence-electron chi connectivity index (χ2n) is 18.0. The average Bonchev–Trinajstić information content (AvgIpc) is 3.61. The lowest BCUT2D eigenvalue weighted by Crippen LogP contribution is -2.54. The van der Waals surface area contributed by atoms with E-state index in [4.69, 9.17) is 0 Å². The zero-order valence-electron chi connectivity index (χ0n) is 37.8. The number of nitrogens with one attached hydrogen (secondary N) is 2. The van der Waals surface area contributed by atoms with Gasteiger partial charge < -0.3 is 20.0 Å². The van der Waals surface area contributed by atoms with Crippen LogP contribution < -0.4 is 15.5 Å². The number of hydrogen-bond acceptors (Lipinski definition) is 13. The van der Waals surface area contributed by atoms with Crippen molar-refractivity contribution in [2.75, 3.05) is 76.1 Å². The van der Waals surface area contributed by atoms with E-state index in [2.05, 4.69) is 40.5 Å². The monoisotopic (exact) mass is 918 g/mol. The minimum absolute atomic E-state index is 0.0431. The molecule has 16 nitrogen and oxygen atoms in total. The van der Waals surface area contributed by atoms with Crippen LogP contribution in [0.5, 0.6) is 0 Å². The van der Waals surface area contributed by atoms with E-state index in [1.165, 1.54) is 0 Å². The molecule has 2 aromatic heterocycles. The van der Waals surface area contributed by atoms with Gasteiger partial charge in [0.15, 0.2) is 11.5 Å². The topological polar surface area (TPSA) is 181 Å². The van der Waals surface area contributed by atoms with Crippen LogP contribution in [0.15, 0.2) is 65.8 Å². The zero-order chi connectivity index (χ0) is 45.8. The van der Waals surface area contributed by atoms with Gasteiger partial charge in [-0.3, -0.25) is 48.9 Å². The molecule has 0 saturated carbocycles. The van der Waals surface area contributed by atoms with Crippen molar-refractivity contribution in [2.24, 2.45) is 5.92 Å². The molecule has 5 aliphatic heterocycles. The zero-order valence-corrected chi connectivity index (χ0v) is 38.6. The number of unbranched alkanes of at least 4 members (excludes halogenated alkanes) is 3. The van der Waals surface area contributed by atoms with E-state index >= 15 is 0 Å². The molecule has 2 N–H and O–H groups in total. The van der Waals surface area contributed by atoms with Crippen molar-refractivity contribution in [2.45, 2.75) is 94.0 Å². The Labute approximate surface area is 391 Å². The number of thioether (sulfide) groups is 1. The van der Waals surface area contributed by atoms with Gasteiger partial charge in [0.25, 0.3) is 17.7 Å². The summed E-state index contributed by atoms with van der Waals surface area (Å²) in [7, 11) is 0. The molecule has 66 heavy (non-hydrogen) atoms. The quantitative estimate of drug-likeness (QED) is 0.0779. The molecule has 1 atom stereocenters. The van der Waals surface area contributed by atoms with Crippen LogP contribution in [0.3, 0.4) is 0 Å². The summed E-state index contributed by atoms with van der Waals surface area (Å²) >= 11 is 1.58. The maximum absolute atomic E-state index is 13.4. The Hall–Kier alpha value is -5.52. The third-order valence-electron chi connectivity index (χ3n) is 13.7. The van der Waals surface area contributed by atoms with E-state index < -0.39 is 23.8 Å². The highest BCUT2D eigenvalue weighted by atomic mass is 32.2. The van der Waals surface area contributed by atoms with E-state index in [0.717, 1.165) is 150 Å². The summed E-state index contributed by atoms with van der Waals surface area (Å²) in [5.74, 6) is 0.213. The number of carbonyl (C=O) groups excluding carboxylic acids is 6. The Morgan fingerprint density at radius 2 is 1.62 bits per heavy atom. The maximum atomic E-state index is 13.4. The molecule has 1 aromatic carbocycles. The number of anilines is 1. The SMILES string of the molecule is O=C(/C=C/c1cccnc1)NCCCCC1CCN(C(=O)c2ccc(N3CCC(N4CCN(CCCCCSc5cccc6c5C(=O)N(C5CCC(=O)NC5=O)C6=O)CC4)CC3)nn2)CC1. The highest BCUT2D eigenvalue weighted by molar-refractivity contribution is 7.99. The summed E-state index contributed by atoms with van der Waals surface area (Å²) in [6.07, 6.45) is 17.4. The van der Waals surface area contributed by atoms with Gasteiger partial charge in [-0.25, -0.2) is 0 Å². The van der Waals surface area contributed by atoms with Crippen LogP contribution in [0.2, 0.25) is 0 Å². The normalized spacial score (nSPS) is 20.3. The number of piperazine rings is 1. The van der Waals surface area contributed by atoms with Gasteiger partial charge in [0.2, 0.25) is 17.7 Å². The molecule has 6 amide bonds. The fraction of sp³-hybridized carbons (Fsp3) is 0.531. The second kappa shape index (κ2) is 22.8. The number of likely N-dealkylation sites (tertiary alicyclic amines) is 1. The molecule has 4 saturated heterocycles. The Bertz CT molecular complexity index is 2220. The Kier molecular flexibility index (Phi) is 16.2. The summed E-state index contributed by atoms with van der Waals surface area (Å²) in [6.45, 7) is 9.30. The van der Waals surface area contributed by atoms with E-state index in [0.29, 0.717) is 35.3 Å². The first-order valence-electron chi connectivity index (χ1n) is 23.9. The lowest BCUT2D eigenvalue weighted by atomic mass is 9.91. The molecule has 4 fully saturated rings. The number of rotatable bonds is 18. The van der Waals surface area contributed by atoms with E-state index in [1.54, 1.807) is 48.4 Å². The number of aromatic nitrogens is 3. The van der Waals surface area contributed by atoms with Gasteiger partial charge in [-0.05, 0) is 112 Å². The van der Waals surface area contributed by atoms with Crippen LogP contribution in [0.25, 0.3) is 6.08 Å². The van der Waals surface area contributed by atoms with Crippen molar-refractivity contribution in [1.82, 2.24) is 45.4 Å². The molecule has 1 unspecified atom stereocenters. The van der Waals surface area contributed by atoms with Crippen molar-refractivity contribution in [3.8, 4) is 0 Å². The summed E-state index contributed by atoms with van der Waals surface area (Å²) < 4.78 is 0. The minimum atomic E-state index is -0.959. The third-order valence-corrected chi connectivity index (χ3v) is 14.9. The highest BCUT2D eigenvalue weighted by Crippen LogP contribution is 2.35. The molecule has 0 aliphatic carbocycles. The molecule has 8 rings (SSSR count). The largest absolute Gasteiger partial charge is 0.355 e. The van der Waals surface area contributed by atoms with Crippen LogP contribution in [-0.2, 0) is 14.4 Å².